The average Bonchev–Trinajstić information content (AvgIpc) is 2.27. The van der Waals surface area contributed by atoms with Crippen molar-refractivity contribution in [2.75, 3.05) is 0 Å². The second kappa shape index (κ2) is 4.60. The molecule has 1 aliphatic rings. The van der Waals surface area contributed by atoms with Crippen LogP contribution < -0.4 is 0 Å². The number of rotatable bonds is 2. The van der Waals surface area contributed by atoms with Crippen LogP contribution in [0.5, 0.6) is 0 Å². The first-order chi connectivity index (χ1) is 8.31. The molecule has 1 unspecified atom stereocenters. The lowest BCUT2D eigenvalue weighted by Gasteiger charge is -2.20. The van der Waals surface area contributed by atoms with Crippen LogP contribution in [0.4, 0.5) is 13.2 Å². The highest BCUT2D eigenvalue weighted by molar-refractivity contribution is 8.02. The smallest absolute Gasteiger partial charge is 0.251 e. The van der Waals surface area contributed by atoms with Gasteiger partial charge in [0.05, 0.1) is 0 Å². The number of benzene rings is 1. The van der Waals surface area contributed by atoms with Crippen LogP contribution in [-0.4, -0.2) is 13.9 Å². The van der Waals surface area contributed by atoms with E-state index in [9.17, 15) is 21.6 Å². The molecule has 0 aromatic heterocycles. The predicted molar refractivity (Wildman–Crippen MR) is 60.2 cm³/mol. The van der Waals surface area contributed by atoms with Crippen molar-refractivity contribution in [1.29, 1.82) is 0 Å². The number of alkyl halides is 3. The molecule has 1 aliphatic heterocycles. The van der Waals surface area contributed by atoms with E-state index >= 15 is 0 Å². The van der Waals surface area contributed by atoms with E-state index in [2.05, 4.69) is 4.18 Å². The van der Waals surface area contributed by atoms with Crippen molar-refractivity contribution in [3.63, 3.8) is 0 Å². The van der Waals surface area contributed by atoms with Gasteiger partial charge in [0, 0.05) is 10.5 Å². The molecule has 2 rings (SSSR count). The zero-order valence-corrected chi connectivity index (χ0v) is 10.3. The number of hydrogen-bond acceptors (Lipinski definition) is 4. The van der Waals surface area contributed by atoms with Crippen molar-refractivity contribution in [3.8, 4) is 0 Å². The van der Waals surface area contributed by atoms with Gasteiger partial charge < -0.3 is 0 Å². The lowest BCUT2D eigenvalue weighted by molar-refractivity contribution is -0.0561. The van der Waals surface area contributed by atoms with Crippen LogP contribution in [0.3, 0.4) is 0 Å². The Labute approximate surface area is 106 Å². The summed E-state index contributed by atoms with van der Waals surface area (Å²) in [5.74, 6) is 0. The lowest BCUT2D eigenvalue weighted by Crippen LogP contribution is -2.27. The Morgan fingerprint density at radius 3 is 2.56 bits per heavy atom. The van der Waals surface area contributed by atoms with E-state index in [0.717, 1.165) is 0 Å². The molecule has 1 aromatic rings. The molecule has 98 valence electrons. The van der Waals surface area contributed by atoms with Crippen LogP contribution in [0.1, 0.15) is 11.7 Å². The Bertz CT molecular complexity index is 578. The van der Waals surface area contributed by atoms with Crippen molar-refractivity contribution in [3.05, 3.63) is 41.3 Å². The van der Waals surface area contributed by atoms with Gasteiger partial charge in [-0.25, -0.2) is 0 Å². The SMILES string of the molecule is O=S(=O)(OC1C=CSc2ccccc21)C(F)(F)F. The maximum Gasteiger partial charge on any atom is 0.523 e. The molecule has 0 aliphatic carbocycles. The van der Waals surface area contributed by atoms with E-state index in [1.807, 2.05) is 0 Å². The van der Waals surface area contributed by atoms with Crippen molar-refractivity contribution in [1.82, 2.24) is 0 Å². The van der Waals surface area contributed by atoms with Crippen molar-refractivity contribution in [2.24, 2.45) is 0 Å². The average molecular weight is 296 g/mol. The van der Waals surface area contributed by atoms with Gasteiger partial charge in [-0.1, -0.05) is 30.0 Å². The zero-order chi connectivity index (χ0) is 13.4. The third-order valence-corrected chi connectivity index (χ3v) is 4.13. The number of halogens is 3. The minimum atomic E-state index is -5.60. The summed E-state index contributed by atoms with van der Waals surface area (Å²) in [4.78, 5) is 0.669. The summed E-state index contributed by atoms with van der Waals surface area (Å²) >= 11 is 1.29. The summed E-state index contributed by atoms with van der Waals surface area (Å²) in [6.45, 7) is 0. The fourth-order valence-electron chi connectivity index (χ4n) is 1.39. The third-order valence-electron chi connectivity index (χ3n) is 2.19. The summed E-state index contributed by atoms with van der Waals surface area (Å²) in [5.41, 5.74) is -5.02. The standard InChI is InChI=1S/C10H7F3O3S2/c11-10(12,13)18(14,15)16-8-5-6-17-9-4-2-1-3-7(8)9/h1-6,8H. The molecule has 18 heavy (non-hydrogen) atoms. The highest BCUT2D eigenvalue weighted by Gasteiger charge is 2.48. The molecule has 1 heterocycles. The van der Waals surface area contributed by atoms with Gasteiger partial charge in [-0.05, 0) is 17.6 Å². The van der Waals surface area contributed by atoms with Crippen LogP contribution in [-0.2, 0) is 14.3 Å². The van der Waals surface area contributed by atoms with Crippen molar-refractivity contribution >= 4 is 21.9 Å². The van der Waals surface area contributed by atoms with Gasteiger partial charge in [0.1, 0.15) is 6.10 Å². The van der Waals surface area contributed by atoms with Crippen molar-refractivity contribution < 1.29 is 25.8 Å². The first kappa shape index (κ1) is 13.4. The molecule has 0 fully saturated rings. The fourth-order valence-corrected chi connectivity index (χ4v) is 2.78. The second-order valence-electron chi connectivity index (χ2n) is 3.40. The van der Waals surface area contributed by atoms with Gasteiger partial charge in [0.15, 0.2) is 0 Å². The Hall–Kier alpha value is -0.990. The molecule has 0 saturated heterocycles. The summed E-state index contributed by atoms with van der Waals surface area (Å²) in [6, 6.07) is 6.53. The molecular formula is C10H7F3O3S2. The van der Waals surface area contributed by atoms with Crippen LogP contribution in [0.25, 0.3) is 0 Å². The maximum absolute atomic E-state index is 12.2. The highest BCUT2D eigenvalue weighted by Crippen LogP contribution is 2.39. The normalized spacial score (nSPS) is 19.6. The molecule has 8 heteroatoms. The summed E-state index contributed by atoms with van der Waals surface area (Å²) < 4.78 is 62.8. The molecule has 0 spiro atoms. The quantitative estimate of drug-likeness (QED) is 0.621. The van der Waals surface area contributed by atoms with Gasteiger partial charge in [-0.2, -0.15) is 21.6 Å². The summed E-state index contributed by atoms with van der Waals surface area (Å²) in [7, 11) is -5.60. The van der Waals surface area contributed by atoms with Gasteiger partial charge in [0.25, 0.3) is 0 Å². The summed E-state index contributed by atoms with van der Waals surface area (Å²) in [6.07, 6.45) is 0.0325. The van der Waals surface area contributed by atoms with E-state index in [4.69, 9.17) is 0 Å². The molecule has 0 amide bonds. The molecule has 0 saturated carbocycles. The zero-order valence-electron chi connectivity index (χ0n) is 8.72. The van der Waals surface area contributed by atoms with Crippen molar-refractivity contribution in [2.45, 2.75) is 16.5 Å². The van der Waals surface area contributed by atoms with Crippen LogP contribution in [0.2, 0.25) is 0 Å². The van der Waals surface area contributed by atoms with E-state index in [1.165, 1.54) is 29.3 Å². The Balaban J connectivity index is 2.31. The Morgan fingerprint density at radius 2 is 1.89 bits per heavy atom. The van der Waals surface area contributed by atoms with E-state index in [0.29, 0.717) is 10.5 Å². The molecule has 0 bridgehead atoms. The third kappa shape index (κ3) is 2.55. The number of hydrogen-bond donors (Lipinski definition) is 0. The second-order valence-corrected chi connectivity index (χ2v) is 5.91. The lowest BCUT2D eigenvalue weighted by atomic mass is 10.1. The molecule has 0 N–H and O–H groups in total. The van der Waals surface area contributed by atoms with E-state index in [1.54, 1.807) is 18.2 Å². The van der Waals surface area contributed by atoms with Crippen LogP contribution >= 0.6 is 11.8 Å². The van der Waals surface area contributed by atoms with Gasteiger partial charge in [0.2, 0.25) is 0 Å². The van der Waals surface area contributed by atoms with Gasteiger partial charge >= 0.3 is 15.6 Å². The maximum atomic E-state index is 12.2. The summed E-state index contributed by atoms with van der Waals surface area (Å²) in [5, 5.41) is 1.50. The largest absolute Gasteiger partial charge is 0.523 e. The molecule has 1 atom stereocenters. The first-order valence-corrected chi connectivity index (χ1v) is 7.02. The molecule has 3 nitrogen and oxygen atoms in total. The fraction of sp³-hybridized carbons (Fsp3) is 0.200. The number of fused-ring (bicyclic) bond motifs is 1. The van der Waals surface area contributed by atoms with Gasteiger partial charge in [-0.15, -0.1) is 0 Å². The van der Waals surface area contributed by atoms with E-state index in [-0.39, 0.29) is 0 Å². The monoisotopic (exact) mass is 296 g/mol. The first-order valence-electron chi connectivity index (χ1n) is 4.73. The molecule has 1 aromatic carbocycles. The minimum Gasteiger partial charge on any atom is -0.251 e. The van der Waals surface area contributed by atoms with Crippen LogP contribution in [0, 0.1) is 0 Å². The Kier molecular flexibility index (Phi) is 3.43. The topological polar surface area (TPSA) is 43.4 Å². The molecule has 0 radical (unpaired) electrons. The minimum absolute atomic E-state index is 0.401. The predicted octanol–water partition coefficient (Wildman–Crippen LogP) is 3.21. The Morgan fingerprint density at radius 1 is 1.22 bits per heavy atom. The molecular weight excluding hydrogens is 289 g/mol. The highest BCUT2D eigenvalue weighted by atomic mass is 32.2. The van der Waals surface area contributed by atoms with Gasteiger partial charge in [-0.3, -0.25) is 4.18 Å². The number of thioether (sulfide) groups is 1. The van der Waals surface area contributed by atoms with Crippen LogP contribution in [0.15, 0.2) is 40.6 Å². The van der Waals surface area contributed by atoms with E-state index < -0.39 is 21.7 Å².